The van der Waals surface area contributed by atoms with Crippen molar-refractivity contribution in [2.75, 3.05) is 0 Å². The predicted molar refractivity (Wildman–Crippen MR) is 44.7 cm³/mol. The van der Waals surface area contributed by atoms with Crippen LogP contribution in [0.5, 0.6) is 0 Å². The third-order valence-corrected chi connectivity index (χ3v) is 1.76. The fraction of sp³-hybridized carbons (Fsp3) is 0.111. The minimum Gasteiger partial charge on any atom is -0.306 e. The number of aromatic nitrogens is 3. The van der Waals surface area contributed by atoms with Crippen molar-refractivity contribution in [3.05, 3.63) is 43.2 Å². The molecule has 0 bridgehead atoms. The molecule has 0 N–H and O–H groups in total. The molecule has 0 aliphatic rings. The van der Waals surface area contributed by atoms with E-state index >= 15 is 0 Å². The molecule has 0 unspecified atom stereocenters. The summed E-state index contributed by atoms with van der Waals surface area (Å²) in [7, 11) is 2.00. The number of aryl methyl sites for hydroxylation is 1. The first-order chi connectivity index (χ1) is 5.86. The molecule has 3 heteroatoms. The third-order valence-electron chi connectivity index (χ3n) is 1.76. The van der Waals surface area contributed by atoms with E-state index in [1.165, 1.54) is 0 Å². The first-order valence-electron chi connectivity index (χ1n) is 3.80. The van der Waals surface area contributed by atoms with E-state index in [2.05, 4.69) is 4.98 Å². The van der Waals surface area contributed by atoms with E-state index in [0.29, 0.717) is 0 Å². The molecular formula is C9H10N3+. The number of hydrogen-bond acceptors (Lipinski definition) is 1. The van der Waals surface area contributed by atoms with Crippen molar-refractivity contribution >= 4 is 0 Å². The van der Waals surface area contributed by atoms with E-state index in [0.717, 1.165) is 5.69 Å². The summed E-state index contributed by atoms with van der Waals surface area (Å²) in [5.74, 6) is 0. The molecule has 2 heterocycles. The van der Waals surface area contributed by atoms with Gasteiger partial charge in [-0.05, 0) is 0 Å². The summed E-state index contributed by atoms with van der Waals surface area (Å²) in [5, 5.41) is 0. The molecule has 60 valence electrons. The first-order valence-corrected chi connectivity index (χ1v) is 3.80. The molecule has 0 atom stereocenters. The molecule has 0 radical (unpaired) electrons. The molecule has 0 aliphatic heterocycles. The lowest BCUT2D eigenvalue weighted by Crippen LogP contribution is -2.25. The normalized spacial score (nSPS) is 10.1. The van der Waals surface area contributed by atoms with Gasteiger partial charge in [0.05, 0.1) is 12.0 Å². The Morgan fingerprint density at radius 3 is 2.67 bits per heavy atom. The van der Waals surface area contributed by atoms with Crippen LogP contribution in [0.25, 0.3) is 5.69 Å². The van der Waals surface area contributed by atoms with Gasteiger partial charge in [0.2, 0.25) is 0 Å². The fourth-order valence-electron chi connectivity index (χ4n) is 1.08. The lowest BCUT2D eigenvalue weighted by molar-refractivity contribution is -0.671. The van der Waals surface area contributed by atoms with Gasteiger partial charge < -0.3 is 4.57 Å². The fourth-order valence-corrected chi connectivity index (χ4v) is 1.08. The molecule has 0 aromatic carbocycles. The van der Waals surface area contributed by atoms with Gasteiger partial charge in [-0.1, -0.05) is 0 Å². The quantitative estimate of drug-likeness (QED) is 0.563. The Bertz CT molecular complexity index is 348. The van der Waals surface area contributed by atoms with Gasteiger partial charge in [0, 0.05) is 24.5 Å². The maximum Gasteiger partial charge on any atom is 0.170 e. The minimum atomic E-state index is 1.13. The second-order valence-corrected chi connectivity index (χ2v) is 2.69. The van der Waals surface area contributed by atoms with Crippen LogP contribution in [0.1, 0.15) is 0 Å². The topological polar surface area (TPSA) is 21.7 Å². The molecule has 12 heavy (non-hydrogen) atoms. The second-order valence-electron chi connectivity index (χ2n) is 2.69. The average Bonchev–Trinajstić information content (AvgIpc) is 2.58. The number of hydrogen-bond donors (Lipinski definition) is 0. The Morgan fingerprint density at radius 1 is 1.33 bits per heavy atom. The van der Waals surface area contributed by atoms with Crippen molar-refractivity contribution in [3.8, 4) is 5.69 Å². The standard InChI is InChI=1S/C9H10N3/c1-11-5-2-9(3-6-11)12-7-4-10-8-12/h2-8H,1H3/q+1. The van der Waals surface area contributed by atoms with Crippen molar-refractivity contribution in [2.45, 2.75) is 0 Å². The lowest BCUT2D eigenvalue weighted by Gasteiger charge is -1.97. The summed E-state index contributed by atoms with van der Waals surface area (Å²) in [6, 6.07) is 4.09. The lowest BCUT2D eigenvalue weighted by atomic mass is 10.4. The summed E-state index contributed by atoms with van der Waals surface area (Å²) < 4.78 is 3.97. The molecule has 0 amide bonds. The summed E-state index contributed by atoms with van der Waals surface area (Å²) in [6.45, 7) is 0. The number of pyridine rings is 1. The Kier molecular flexibility index (Phi) is 1.63. The maximum absolute atomic E-state index is 3.98. The largest absolute Gasteiger partial charge is 0.306 e. The van der Waals surface area contributed by atoms with E-state index in [-0.39, 0.29) is 0 Å². The number of imidazole rings is 1. The molecule has 3 nitrogen and oxygen atoms in total. The van der Waals surface area contributed by atoms with Gasteiger partial charge in [-0.15, -0.1) is 0 Å². The first kappa shape index (κ1) is 7.03. The van der Waals surface area contributed by atoms with Crippen molar-refractivity contribution in [1.82, 2.24) is 9.55 Å². The van der Waals surface area contributed by atoms with E-state index < -0.39 is 0 Å². The maximum atomic E-state index is 3.98. The highest BCUT2D eigenvalue weighted by atomic mass is 15.0. The zero-order valence-corrected chi connectivity index (χ0v) is 6.88. The predicted octanol–water partition coefficient (Wildman–Crippen LogP) is 0.697. The minimum absolute atomic E-state index is 1.13. The van der Waals surface area contributed by atoms with Gasteiger partial charge in [-0.3, -0.25) is 0 Å². The molecule has 0 fully saturated rings. The van der Waals surface area contributed by atoms with Gasteiger partial charge in [0.15, 0.2) is 12.4 Å². The molecule has 0 saturated heterocycles. The van der Waals surface area contributed by atoms with Gasteiger partial charge in [-0.25, -0.2) is 9.55 Å². The van der Waals surface area contributed by atoms with Crippen molar-refractivity contribution in [1.29, 1.82) is 0 Å². The van der Waals surface area contributed by atoms with Crippen molar-refractivity contribution < 1.29 is 4.57 Å². The van der Waals surface area contributed by atoms with Crippen LogP contribution in [0, 0.1) is 0 Å². The van der Waals surface area contributed by atoms with Gasteiger partial charge in [0.1, 0.15) is 7.05 Å². The highest BCUT2D eigenvalue weighted by Gasteiger charge is 1.96. The van der Waals surface area contributed by atoms with Crippen LogP contribution < -0.4 is 4.57 Å². The van der Waals surface area contributed by atoms with E-state index in [1.807, 2.05) is 46.9 Å². The summed E-state index contributed by atoms with van der Waals surface area (Å²) >= 11 is 0. The Labute approximate surface area is 70.9 Å². The van der Waals surface area contributed by atoms with Gasteiger partial charge in [-0.2, -0.15) is 0 Å². The van der Waals surface area contributed by atoms with E-state index in [4.69, 9.17) is 0 Å². The zero-order chi connectivity index (χ0) is 8.39. The van der Waals surface area contributed by atoms with Crippen LogP contribution in [0.2, 0.25) is 0 Å². The van der Waals surface area contributed by atoms with Crippen molar-refractivity contribution in [2.24, 2.45) is 7.05 Å². The second kappa shape index (κ2) is 2.77. The summed E-state index contributed by atoms with van der Waals surface area (Å²) in [4.78, 5) is 3.98. The summed E-state index contributed by atoms with van der Waals surface area (Å²) in [6.07, 6.45) is 9.50. The van der Waals surface area contributed by atoms with Crippen molar-refractivity contribution in [3.63, 3.8) is 0 Å². The molecule has 0 saturated carbocycles. The zero-order valence-electron chi connectivity index (χ0n) is 6.88. The molecular weight excluding hydrogens is 150 g/mol. The Morgan fingerprint density at radius 2 is 2.08 bits per heavy atom. The highest BCUT2D eigenvalue weighted by Crippen LogP contribution is 2.02. The van der Waals surface area contributed by atoms with Gasteiger partial charge >= 0.3 is 0 Å². The van der Waals surface area contributed by atoms with Crippen LogP contribution in [0.4, 0.5) is 0 Å². The number of rotatable bonds is 1. The molecule has 2 aromatic heterocycles. The van der Waals surface area contributed by atoms with Crippen LogP contribution in [0.3, 0.4) is 0 Å². The molecule has 0 spiro atoms. The average molecular weight is 160 g/mol. The molecule has 2 aromatic rings. The smallest absolute Gasteiger partial charge is 0.170 e. The Balaban J connectivity index is 2.43. The Hall–Kier alpha value is -1.64. The molecule has 2 rings (SSSR count). The van der Waals surface area contributed by atoms with Crippen LogP contribution in [-0.2, 0) is 7.05 Å². The van der Waals surface area contributed by atoms with Gasteiger partial charge in [0.25, 0.3) is 0 Å². The van der Waals surface area contributed by atoms with E-state index in [1.54, 1.807) is 12.5 Å². The van der Waals surface area contributed by atoms with E-state index in [9.17, 15) is 0 Å². The highest BCUT2D eigenvalue weighted by molar-refractivity contribution is 5.26. The third kappa shape index (κ3) is 1.21. The summed E-state index contributed by atoms with van der Waals surface area (Å²) in [5.41, 5.74) is 1.13. The number of nitrogens with zero attached hydrogens (tertiary/aromatic N) is 3. The SMILES string of the molecule is C[n+]1ccc(-n2ccnc2)cc1. The monoisotopic (exact) mass is 160 g/mol. The van der Waals surface area contributed by atoms with Crippen LogP contribution in [-0.4, -0.2) is 9.55 Å². The van der Waals surface area contributed by atoms with Crippen LogP contribution in [0.15, 0.2) is 43.2 Å². The molecule has 0 aliphatic carbocycles. The van der Waals surface area contributed by atoms with Crippen LogP contribution >= 0.6 is 0 Å².